The van der Waals surface area contributed by atoms with Crippen LogP contribution in [0.1, 0.15) is 25.4 Å². The van der Waals surface area contributed by atoms with Gasteiger partial charge in [-0.05, 0) is 6.92 Å². The number of aromatic nitrogens is 4. The lowest BCUT2D eigenvalue weighted by Gasteiger charge is -2.04. The standard InChI is InChI=1S/C16H18N4S2/c1-3-14-18-19-16(20(14)4-2)22-11-13-10-21-15(17-13)12-8-6-5-7-9-12/h5-10H,3-4,11H2,1-2H3. The van der Waals surface area contributed by atoms with Crippen LogP contribution in [0.4, 0.5) is 0 Å². The monoisotopic (exact) mass is 330 g/mol. The van der Waals surface area contributed by atoms with Gasteiger partial charge in [-0.15, -0.1) is 21.5 Å². The van der Waals surface area contributed by atoms with Crippen molar-refractivity contribution in [2.75, 3.05) is 0 Å². The molecular weight excluding hydrogens is 312 g/mol. The molecule has 0 aliphatic heterocycles. The molecule has 0 aliphatic rings. The van der Waals surface area contributed by atoms with E-state index >= 15 is 0 Å². The number of benzene rings is 1. The quantitative estimate of drug-likeness (QED) is 0.633. The predicted octanol–water partition coefficient (Wildman–Crippen LogP) is 4.28. The zero-order chi connectivity index (χ0) is 15.4. The first-order valence-electron chi connectivity index (χ1n) is 7.36. The van der Waals surface area contributed by atoms with Gasteiger partial charge < -0.3 is 4.57 Å². The van der Waals surface area contributed by atoms with Gasteiger partial charge in [0, 0.05) is 29.7 Å². The summed E-state index contributed by atoms with van der Waals surface area (Å²) in [6, 6.07) is 10.3. The highest BCUT2D eigenvalue weighted by Crippen LogP contribution is 2.27. The first kappa shape index (κ1) is 15.2. The molecule has 0 spiro atoms. The molecule has 0 aliphatic carbocycles. The Morgan fingerprint density at radius 1 is 1.14 bits per heavy atom. The van der Waals surface area contributed by atoms with Crippen LogP contribution in [0.15, 0.2) is 40.9 Å². The number of thioether (sulfide) groups is 1. The van der Waals surface area contributed by atoms with Crippen LogP contribution in [-0.4, -0.2) is 19.7 Å². The lowest BCUT2D eigenvalue weighted by Crippen LogP contribution is -2.02. The van der Waals surface area contributed by atoms with Gasteiger partial charge in [-0.3, -0.25) is 0 Å². The molecule has 0 radical (unpaired) electrons. The summed E-state index contributed by atoms with van der Waals surface area (Å²) < 4.78 is 2.18. The average Bonchev–Trinajstić information content (AvgIpc) is 3.20. The molecule has 3 aromatic rings. The summed E-state index contributed by atoms with van der Waals surface area (Å²) in [5, 5.41) is 12.7. The maximum atomic E-state index is 4.72. The molecule has 2 aromatic heterocycles. The van der Waals surface area contributed by atoms with Crippen LogP contribution >= 0.6 is 23.1 Å². The van der Waals surface area contributed by atoms with Gasteiger partial charge in [0.2, 0.25) is 0 Å². The third kappa shape index (κ3) is 3.23. The first-order valence-corrected chi connectivity index (χ1v) is 9.23. The lowest BCUT2D eigenvalue weighted by molar-refractivity contribution is 0.647. The fourth-order valence-corrected chi connectivity index (χ4v) is 4.08. The number of rotatable bonds is 6. The van der Waals surface area contributed by atoms with Crippen LogP contribution in [0.2, 0.25) is 0 Å². The Bertz CT molecular complexity index is 734. The summed E-state index contributed by atoms with van der Waals surface area (Å²) in [5.74, 6) is 1.87. The topological polar surface area (TPSA) is 43.6 Å². The Morgan fingerprint density at radius 3 is 2.68 bits per heavy atom. The van der Waals surface area contributed by atoms with Crippen molar-refractivity contribution >= 4 is 23.1 Å². The van der Waals surface area contributed by atoms with Gasteiger partial charge in [-0.1, -0.05) is 49.0 Å². The SMILES string of the molecule is CCc1nnc(SCc2csc(-c3ccccc3)n2)n1CC. The van der Waals surface area contributed by atoms with Crippen LogP contribution in [0.3, 0.4) is 0 Å². The van der Waals surface area contributed by atoms with Gasteiger partial charge in [-0.2, -0.15) is 0 Å². The molecule has 1 aromatic carbocycles. The Hall–Kier alpha value is -1.66. The largest absolute Gasteiger partial charge is 0.306 e. The fraction of sp³-hybridized carbons (Fsp3) is 0.312. The molecule has 6 heteroatoms. The van der Waals surface area contributed by atoms with Gasteiger partial charge in [-0.25, -0.2) is 4.98 Å². The first-order chi connectivity index (χ1) is 10.8. The smallest absolute Gasteiger partial charge is 0.191 e. The van der Waals surface area contributed by atoms with Crippen molar-refractivity contribution < 1.29 is 0 Å². The van der Waals surface area contributed by atoms with E-state index in [2.05, 4.69) is 46.1 Å². The molecule has 0 bridgehead atoms. The van der Waals surface area contributed by atoms with Crippen LogP contribution in [0.5, 0.6) is 0 Å². The Labute approximate surface area is 138 Å². The van der Waals surface area contributed by atoms with Gasteiger partial charge in [0.1, 0.15) is 10.8 Å². The fourth-order valence-electron chi connectivity index (χ4n) is 2.23. The van der Waals surface area contributed by atoms with Crippen molar-refractivity contribution in [3.8, 4) is 10.6 Å². The Balaban J connectivity index is 1.70. The number of nitrogens with zero attached hydrogens (tertiary/aromatic N) is 4. The number of aryl methyl sites for hydroxylation is 1. The summed E-state index contributed by atoms with van der Waals surface area (Å²) in [4.78, 5) is 4.72. The average molecular weight is 330 g/mol. The predicted molar refractivity (Wildman–Crippen MR) is 92.2 cm³/mol. The van der Waals surface area contributed by atoms with Crippen molar-refractivity contribution in [3.05, 3.63) is 47.2 Å². The van der Waals surface area contributed by atoms with E-state index in [-0.39, 0.29) is 0 Å². The van der Waals surface area contributed by atoms with Crippen LogP contribution in [0, 0.1) is 0 Å². The molecule has 22 heavy (non-hydrogen) atoms. The molecule has 0 saturated heterocycles. The summed E-state index contributed by atoms with van der Waals surface area (Å²) in [6.45, 7) is 5.14. The molecule has 0 N–H and O–H groups in total. The van der Waals surface area contributed by atoms with Crippen molar-refractivity contribution in [1.82, 2.24) is 19.7 Å². The molecule has 2 heterocycles. The summed E-state index contributed by atoms with van der Waals surface area (Å²) in [5.41, 5.74) is 2.27. The lowest BCUT2D eigenvalue weighted by atomic mass is 10.2. The van der Waals surface area contributed by atoms with Crippen molar-refractivity contribution in [2.24, 2.45) is 0 Å². The van der Waals surface area contributed by atoms with Crippen LogP contribution in [0.25, 0.3) is 10.6 Å². The van der Waals surface area contributed by atoms with E-state index in [1.165, 1.54) is 5.56 Å². The van der Waals surface area contributed by atoms with Crippen LogP contribution in [-0.2, 0) is 18.7 Å². The van der Waals surface area contributed by atoms with E-state index < -0.39 is 0 Å². The Kier molecular flexibility index (Phi) is 4.90. The van der Waals surface area contributed by atoms with E-state index in [0.29, 0.717) is 0 Å². The maximum Gasteiger partial charge on any atom is 0.191 e. The maximum absolute atomic E-state index is 4.72. The van der Waals surface area contributed by atoms with Gasteiger partial charge in [0.15, 0.2) is 5.16 Å². The minimum absolute atomic E-state index is 0.825. The second-order valence-corrected chi connectivity index (χ2v) is 6.60. The summed E-state index contributed by atoms with van der Waals surface area (Å²) in [7, 11) is 0. The van der Waals surface area contributed by atoms with Crippen LogP contribution < -0.4 is 0 Å². The summed E-state index contributed by atoms with van der Waals surface area (Å²) in [6.07, 6.45) is 0.913. The minimum Gasteiger partial charge on any atom is -0.306 e. The van der Waals surface area contributed by atoms with Gasteiger partial charge in [0.05, 0.1) is 5.69 Å². The third-order valence-electron chi connectivity index (χ3n) is 3.35. The molecule has 0 fully saturated rings. The molecular formula is C16H18N4S2. The van der Waals surface area contributed by atoms with Gasteiger partial charge >= 0.3 is 0 Å². The van der Waals surface area contributed by atoms with Gasteiger partial charge in [0.25, 0.3) is 0 Å². The zero-order valence-electron chi connectivity index (χ0n) is 12.7. The zero-order valence-corrected chi connectivity index (χ0v) is 14.3. The molecule has 0 atom stereocenters. The molecule has 4 nitrogen and oxygen atoms in total. The second-order valence-electron chi connectivity index (χ2n) is 4.80. The molecule has 0 unspecified atom stereocenters. The normalized spacial score (nSPS) is 11.0. The molecule has 0 saturated carbocycles. The van der Waals surface area contributed by atoms with E-state index in [1.54, 1.807) is 23.1 Å². The van der Waals surface area contributed by atoms with Crippen molar-refractivity contribution in [3.63, 3.8) is 0 Å². The molecule has 0 amide bonds. The third-order valence-corrected chi connectivity index (χ3v) is 5.29. The summed E-state index contributed by atoms with van der Waals surface area (Å²) >= 11 is 3.39. The highest BCUT2D eigenvalue weighted by molar-refractivity contribution is 7.98. The number of hydrogen-bond donors (Lipinski definition) is 0. The van der Waals surface area contributed by atoms with E-state index in [9.17, 15) is 0 Å². The number of hydrogen-bond acceptors (Lipinski definition) is 5. The highest BCUT2D eigenvalue weighted by Gasteiger charge is 2.11. The number of thiazole rings is 1. The highest BCUT2D eigenvalue weighted by atomic mass is 32.2. The molecule has 3 rings (SSSR count). The van der Waals surface area contributed by atoms with E-state index in [0.717, 1.165) is 40.4 Å². The molecule has 114 valence electrons. The second kappa shape index (κ2) is 7.07. The Morgan fingerprint density at radius 2 is 1.95 bits per heavy atom. The minimum atomic E-state index is 0.825. The van der Waals surface area contributed by atoms with E-state index in [4.69, 9.17) is 4.98 Å². The van der Waals surface area contributed by atoms with Crippen molar-refractivity contribution in [2.45, 2.75) is 37.7 Å². The van der Waals surface area contributed by atoms with E-state index in [1.807, 2.05) is 18.2 Å². The van der Waals surface area contributed by atoms with Crippen molar-refractivity contribution in [1.29, 1.82) is 0 Å².